The normalized spacial score (nSPS) is 13.6. The van der Waals surface area contributed by atoms with Gasteiger partial charge in [0.25, 0.3) is 0 Å². The number of nitrogens with zero attached hydrogens (tertiary/aromatic N) is 1. The van der Waals surface area contributed by atoms with Crippen molar-refractivity contribution in [1.29, 1.82) is 0 Å². The van der Waals surface area contributed by atoms with Gasteiger partial charge in [-0.2, -0.15) is 0 Å². The molecule has 14 rings (SSSR count). The van der Waals surface area contributed by atoms with Crippen LogP contribution in [0.1, 0.15) is 65.6 Å². The number of fused-ring (bicyclic) bond motifs is 13. The van der Waals surface area contributed by atoms with Crippen molar-refractivity contribution in [3.8, 4) is 55.6 Å². The zero-order valence-corrected chi connectivity index (χ0v) is 41.6. The van der Waals surface area contributed by atoms with Crippen molar-refractivity contribution in [2.75, 3.05) is 4.90 Å². The first kappa shape index (κ1) is 43.1. The van der Waals surface area contributed by atoms with Gasteiger partial charge in [-0.15, -0.1) is 0 Å². The van der Waals surface area contributed by atoms with E-state index in [1.54, 1.807) is 0 Å². The molecule has 2 aliphatic rings. The first-order valence-electron chi connectivity index (χ1n) is 25.7. The van der Waals surface area contributed by atoms with Gasteiger partial charge in [0.15, 0.2) is 0 Å². The second kappa shape index (κ2) is 16.7. The summed E-state index contributed by atoms with van der Waals surface area (Å²) < 4.78 is 6.52. The maximum atomic E-state index is 6.52. The minimum atomic E-state index is 0.0773. The van der Waals surface area contributed by atoms with Crippen molar-refractivity contribution in [2.45, 2.75) is 45.4 Å². The van der Waals surface area contributed by atoms with Crippen LogP contribution in [-0.4, -0.2) is 0 Å². The molecule has 1 atom stereocenters. The molecule has 1 aromatic heterocycles. The Morgan fingerprint density at radius 3 is 1.92 bits per heavy atom. The lowest BCUT2D eigenvalue weighted by Crippen LogP contribution is -2.11. The highest BCUT2D eigenvalue weighted by molar-refractivity contribution is 6.09. The molecule has 73 heavy (non-hydrogen) atoms. The van der Waals surface area contributed by atoms with Crippen molar-refractivity contribution in [2.24, 2.45) is 0 Å². The molecule has 0 N–H and O–H groups in total. The summed E-state index contributed by atoms with van der Waals surface area (Å²) in [6, 6.07) is 85.9. The van der Waals surface area contributed by atoms with E-state index < -0.39 is 0 Å². The van der Waals surface area contributed by atoms with Crippen LogP contribution in [0.3, 0.4) is 0 Å². The number of hydrogen-bond acceptors (Lipinski definition) is 2. The molecule has 0 radical (unpaired) electrons. The minimum Gasteiger partial charge on any atom is -0.455 e. The number of hydrogen-bond donors (Lipinski definition) is 0. The summed E-state index contributed by atoms with van der Waals surface area (Å²) in [5, 5.41) is 4.70. The van der Waals surface area contributed by atoms with Gasteiger partial charge in [-0.3, -0.25) is 0 Å². The molecule has 1 unspecified atom stereocenters. The quantitative estimate of drug-likeness (QED) is 0.165. The number of para-hydroxylation sites is 3. The SMILES string of the molecule is Cc1cc(C(C)(C)C)ccc1-c1cc2c3cc1Cc1ccccc1-c1cccc(c1)-c1cc4ccc(N(c5ccc(-c6cccc7c6oc6ccccc67)cc5)c5ccccc5-c5ccccc5)cc4cc1C32. The van der Waals surface area contributed by atoms with E-state index in [0.717, 1.165) is 56.5 Å². The monoisotopic (exact) mass is 935 g/mol. The molecule has 2 nitrogen and oxygen atoms in total. The summed E-state index contributed by atoms with van der Waals surface area (Å²) in [4.78, 5) is 2.44. The maximum absolute atomic E-state index is 6.52. The van der Waals surface area contributed by atoms with Crippen LogP contribution in [-0.2, 0) is 11.8 Å². The largest absolute Gasteiger partial charge is 0.455 e. The second-order valence-electron chi connectivity index (χ2n) is 21.3. The Morgan fingerprint density at radius 2 is 1.08 bits per heavy atom. The van der Waals surface area contributed by atoms with E-state index in [-0.39, 0.29) is 11.3 Å². The number of rotatable bonds is 6. The Bertz CT molecular complexity index is 4170. The highest BCUT2D eigenvalue weighted by Gasteiger charge is 2.38. The van der Waals surface area contributed by atoms with E-state index in [2.05, 4.69) is 257 Å². The highest BCUT2D eigenvalue weighted by Crippen LogP contribution is 2.55. The van der Waals surface area contributed by atoms with Crippen molar-refractivity contribution >= 4 is 49.8 Å². The molecule has 2 heteroatoms. The van der Waals surface area contributed by atoms with Crippen LogP contribution in [0.15, 0.2) is 235 Å². The van der Waals surface area contributed by atoms with Gasteiger partial charge in [-0.05, 0) is 174 Å². The number of anilines is 3. The van der Waals surface area contributed by atoms with Crippen molar-refractivity contribution in [3.05, 3.63) is 269 Å². The van der Waals surface area contributed by atoms with Gasteiger partial charge in [0.05, 0.1) is 5.69 Å². The summed E-state index contributed by atoms with van der Waals surface area (Å²) in [5.74, 6) is 0.196. The van der Waals surface area contributed by atoms with Gasteiger partial charge >= 0.3 is 0 Å². The van der Waals surface area contributed by atoms with E-state index in [1.807, 2.05) is 6.07 Å². The van der Waals surface area contributed by atoms with E-state index in [1.165, 1.54) is 94.2 Å². The minimum absolute atomic E-state index is 0.0773. The highest BCUT2D eigenvalue weighted by atomic mass is 16.3. The molecule has 0 saturated carbocycles. The number of aryl methyl sites for hydroxylation is 1. The molecule has 0 amide bonds. The zero-order valence-electron chi connectivity index (χ0n) is 41.6. The fraction of sp³-hybridized carbons (Fsp3) is 0.0986. The average Bonchev–Trinajstić information content (AvgIpc) is 3.99. The molecule has 0 spiro atoms. The van der Waals surface area contributed by atoms with Crippen LogP contribution < -0.4 is 4.90 Å². The topological polar surface area (TPSA) is 16.4 Å². The van der Waals surface area contributed by atoms with Crippen molar-refractivity contribution in [1.82, 2.24) is 0 Å². The molecule has 348 valence electrons. The fourth-order valence-corrected chi connectivity index (χ4v) is 11.9. The lowest BCUT2D eigenvalue weighted by molar-refractivity contribution is 0.590. The van der Waals surface area contributed by atoms with Crippen molar-refractivity contribution in [3.63, 3.8) is 0 Å². The Balaban J connectivity index is 0.940. The maximum Gasteiger partial charge on any atom is 0.143 e. The number of benzene rings is 11. The third kappa shape index (κ3) is 7.31. The molecular formula is C71H53NO. The van der Waals surface area contributed by atoms with Crippen molar-refractivity contribution < 1.29 is 4.42 Å². The molecule has 1 heterocycles. The Labute approximate surface area is 427 Å². The van der Waals surface area contributed by atoms with E-state index in [0.29, 0.717) is 0 Å². The zero-order chi connectivity index (χ0) is 49.0. The molecule has 4 bridgehead atoms. The van der Waals surface area contributed by atoms with E-state index in [4.69, 9.17) is 4.42 Å². The first-order chi connectivity index (χ1) is 35.7. The molecule has 0 fully saturated rings. The summed E-state index contributed by atoms with van der Waals surface area (Å²) in [5.41, 5.74) is 27.1. The summed E-state index contributed by atoms with van der Waals surface area (Å²) >= 11 is 0. The van der Waals surface area contributed by atoms with Gasteiger partial charge < -0.3 is 9.32 Å². The summed E-state index contributed by atoms with van der Waals surface area (Å²) in [6.45, 7) is 9.21. The van der Waals surface area contributed by atoms with Crippen LogP contribution in [0.5, 0.6) is 0 Å². The first-order valence-corrected chi connectivity index (χ1v) is 25.7. The van der Waals surface area contributed by atoms with Crippen LogP contribution >= 0.6 is 0 Å². The molecule has 0 aliphatic heterocycles. The van der Waals surface area contributed by atoms with Gasteiger partial charge in [0.1, 0.15) is 11.2 Å². The van der Waals surface area contributed by atoms with Gasteiger partial charge in [0, 0.05) is 39.2 Å². The molecular weight excluding hydrogens is 883 g/mol. The van der Waals surface area contributed by atoms with Crippen LogP contribution in [0, 0.1) is 6.92 Å². The Kier molecular flexibility index (Phi) is 9.85. The van der Waals surface area contributed by atoms with Crippen LogP contribution in [0.2, 0.25) is 0 Å². The lowest BCUT2D eigenvalue weighted by Gasteiger charge is -2.28. The van der Waals surface area contributed by atoms with E-state index in [9.17, 15) is 0 Å². The third-order valence-electron chi connectivity index (χ3n) is 15.7. The summed E-state index contributed by atoms with van der Waals surface area (Å²) in [7, 11) is 0. The van der Waals surface area contributed by atoms with E-state index >= 15 is 0 Å². The van der Waals surface area contributed by atoms with Gasteiger partial charge in [0.2, 0.25) is 0 Å². The Morgan fingerprint density at radius 1 is 0.411 bits per heavy atom. The predicted octanol–water partition coefficient (Wildman–Crippen LogP) is 19.5. The number of furan rings is 1. The molecule has 12 aromatic rings. The van der Waals surface area contributed by atoms with Crippen LogP contribution in [0.4, 0.5) is 17.1 Å². The third-order valence-corrected chi connectivity index (χ3v) is 15.7. The van der Waals surface area contributed by atoms with Gasteiger partial charge in [-0.1, -0.05) is 191 Å². The molecule has 11 aromatic carbocycles. The Hall–Kier alpha value is -8.72. The second-order valence-corrected chi connectivity index (χ2v) is 21.3. The summed E-state index contributed by atoms with van der Waals surface area (Å²) in [6.07, 6.45) is 0.862. The smallest absolute Gasteiger partial charge is 0.143 e. The average molecular weight is 936 g/mol. The molecule has 0 saturated heterocycles. The lowest BCUT2D eigenvalue weighted by atomic mass is 9.83. The van der Waals surface area contributed by atoms with Gasteiger partial charge in [-0.25, -0.2) is 0 Å². The standard InChI is InChI=1S/C71H53NO/c1-44-36-53(71(2,3)4)31-35-56(44)63-43-66-65-42-52(63)38-48-18-8-9-21-57(48)49-19-14-20-50(37-49)62-40-47-30-34-55(39-51(47)41-64(62)69(65)66)72(67-26-12-10-22-58(67)45-16-6-5-7-17-45)54-32-28-46(29-33-54)59-24-15-25-61-60-23-11-13-27-68(60)73-70(59)61/h5-37,39-43,69H,38H2,1-4H3. The fourth-order valence-electron chi connectivity index (χ4n) is 11.9. The van der Waals surface area contributed by atoms with Crippen LogP contribution in [0.25, 0.3) is 88.3 Å². The predicted molar refractivity (Wildman–Crippen MR) is 307 cm³/mol. The molecule has 2 aliphatic carbocycles.